The van der Waals surface area contributed by atoms with Gasteiger partial charge in [-0.15, -0.1) is 0 Å². The van der Waals surface area contributed by atoms with Crippen molar-refractivity contribution in [2.75, 3.05) is 26.4 Å². The van der Waals surface area contributed by atoms with Crippen molar-refractivity contribution in [3.05, 3.63) is 35.4 Å². The van der Waals surface area contributed by atoms with Crippen LogP contribution < -0.4 is 0 Å². The van der Waals surface area contributed by atoms with Gasteiger partial charge in [-0.2, -0.15) is 0 Å². The second-order valence-electron chi connectivity index (χ2n) is 4.00. The number of ether oxygens (including phenoxy) is 2. The molecule has 0 fully saturated rings. The van der Waals surface area contributed by atoms with E-state index in [-0.39, 0.29) is 26.4 Å². The van der Waals surface area contributed by atoms with Crippen LogP contribution in [0.1, 0.15) is 33.6 Å². The molecule has 2 heterocycles. The molecular formula is C14H18O6. The fourth-order valence-corrected chi connectivity index (χ4v) is 1.40. The van der Waals surface area contributed by atoms with Crippen LogP contribution in [0, 0.1) is 0 Å². The lowest BCUT2D eigenvalue weighted by atomic mass is 10.1. The summed E-state index contributed by atoms with van der Waals surface area (Å²) in [4.78, 5) is 22.5. The molecule has 2 N–H and O–H groups in total. The highest BCUT2D eigenvalue weighted by atomic mass is 16.6. The Labute approximate surface area is 116 Å². The molecule has 0 radical (unpaired) electrons. The highest BCUT2D eigenvalue weighted by molar-refractivity contribution is 5.93. The zero-order valence-electron chi connectivity index (χ0n) is 11.1. The number of benzene rings is 1. The summed E-state index contributed by atoms with van der Waals surface area (Å²) in [5.41, 5.74) is 0.895. The van der Waals surface area contributed by atoms with Crippen LogP contribution in [-0.4, -0.2) is 48.6 Å². The summed E-state index contributed by atoms with van der Waals surface area (Å²) < 4.78 is 9.66. The average Bonchev–Trinajstić information content (AvgIpc) is 2.49. The Morgan fingerprint density at radius 3 is 1.45 bits per heavy atom. The van der Waals surface area contributed by atoms with Crippen molar-refractivity contribution in [3.8, 4) is 0 Å². The largest absolute Gasteiger partial charge is 0.458 e. The molecule has 3 rings (SSSR count). The highest BCUT2D eigenvalue weighted by Crippen LogP contribution is 2.09. The molecule has 0 aliphatic carbocycles. The number of esters is 2. The van der Waals surface area contributed by atoms with E-state index in [0.717, 1.165) is 12.8 Å². The van der Waals surface area contributed by atoms with Crippen molar-refractivity contribution < 1.29 is 29.3 Å². The van der Waals surface area contributed by atoms with Gasteiger partial charge in [0.1, 0.15) is 13.2 Å². The summed E-state index contributed by atoms with van der Waals surface area (Å²) >= 11 is 0. The molecule has 6 nitrogen and oxygen atoms in total. The fourth-order valence-electron chi connectivity index (χ4n) is 1.40. The Hall–Kier alpha value is -1.92. The number of hydrogen-bond acceptors (Lipinski definition) is 6. The van der Waals surface area contributed by atoms with Gasteiger partial charge in [0.05, 0.1) is 11.1 Å². The van der Waals surface area contributed by atoms with E-state index in [2.05, 4.69) is 0 Å². The van der Waals surface area contributed by atoms with E-state index in [1.54, 1.807) is 24.3 Å². The molecule has 110 valence electrons. The van der Waals surface area contributed by atoms with Crippen LogP contribution in [0.15, 0.2) is 24.3 Å². The third-order valence-electron chi connectivity index (χ3n) is 2.47. The normalized spacial score (nSPS) is 13.9. The van der Waals surface area contributed by atoms with Crippen LogP contribution in [0.5, 0.6) is 0 Å². The van der Waals surface area contributed by atoms with Crippen molar-refractivity contribution in [2.45, 2.75) is 12.8 Å². The zero-order chi connectivity index (χ0) is 14.8. The van der Waals surface area contributed by atoms with E-state index in [1.807, 2.05) is 0 Å². The molecule has 0 atom stereocenters. The van der Waals surface area contributed by atoms with Gasteiger partial charge in [0.2, 0.25) is 0 Å². The van der Waals surface area contributed by atoms with Crippen LogP contribution in [0.3, 0.4) is 0 Å². The summed E-state index contributed by atoms with van der Waals surface area (Å²) in [6, 6.07) is 6.18. The first kappa shape index (κ1) is 16.1. The minimum Gasteiger partial charge on any atom is -0.458 e. The molecule has 0 aromatic heterocycles. The third kappa shape index (κ3) is 5.38. The number of carbonyl (C=O) groups is 2. The minimum atomic E-state index is -0.394. The quantitative estimate of drug-likeness (QED) is 0.628. The van der Waals surface area contributed by atoms with E-state index < -0.39 is 11.9 Å². The molecule has 2 aliphatic heterocycles. The van der Waals surface area contributed by atoms with Crippen molar-refractivity contribution in [3.63, 3.8) is 0 Å². The molecule has 0 unspecified atom stereocenters. The molecule has 6 heteroatoms. The molecular weight excluding hydrogens is 264 g/mol. The Morgan fingerprint density at radius 1 is 0.800 bits per heavy atom. The van der Waals surface area contributed by atoms with Crippen LogP contribution in [0.4, 0.5) is 0 Å². The van der Waals surface area contributed by atoms with Crippen molar-refractivity contribution >= 4 is 11.9 Å². The van der Waals surface area contributed by atoms with Gasteiger partial charge in [0.15, 0.2) is 0 Å². The number of unbranched alkanes of at least 4 members (excludes halogenated alkanes) is 1. The number of aliphatic hydroxyl groups excluding tert-OH is 2. The molecule has 1 aromatic carbocycles. The molecule has 20 heavy (non-hydrogen) atoms. The Balaban J connectivity index is 0.000000286. The first-order valence-electron chi connectivity index (χ1n) is 6.35. The summed E-state index contributed by atoms with van der Waals surface area (Å²) in [5, 5.41) is 16.2. The zero-order valence-corrected chi connectivity index (χ0v) is 11.1. The van der Waals surface area contributed by atoms with Crippen LogP contribution >= 0.6 is 0 Å². The number of hydrogen-bond donors (Lipinski definition) is 2. The van der Waals surface area contributed by atoms with E-state index in [0.29, 0.717) is 11.1 Å². The van der Waals surface area contributed by atoms with Gasteiger partial charge in [0.25, 0.3) is 0 Å². The Bertz CT molecular complexity index is 385. The first-order valence-corrected chi connectivity index (χ1v) is 6.35. The predicted octanol–water partition coefficient (Wildman–Crippen LogP) is 0.765. The maximum atomic E-state index is 11.3. The van der Waals surface area contributed by atoms with Gasteiger partial charge in [-0.05, 0) is 37.1 Å². The molecule has 0 amide bonds. The van der Waals surface area contributed by atoms with Crippen LogP contribution in [0.25, 0.3) is 0 Å². The number of fused-ring (bicyclic) bond motifs is 7. The second-order valence-corrected chi connectivity index (χ2v) is 4.00. The summed E-state index contributed by atoms with van der Waals surface area (Å²) in [7, 11) is 0. The van der Waals surface area contributed by atoms with Gasteiger partial charge in [-0.1, -0.05) is 0 Å². The van der Waals surface area contributed by atoms with Crippen molar-refractivity contribution in [1.29, 1.82) is 0 Å². The number of carbonyl (C=O) groups excluding carboxylic acids is 2. The van der Waals surface area contributed by atoms with E-state index >= 15 is 0 Å². The Kier molecular flexibility index (Phi) is 7.31. The molecule has 0 saturated carbocycles. The monoisotopic (exact) mass is 282 g/mol. The lowest BCUT2D eigenvalue weighted by molar-refractivity contribution is 0.0260. The van der Waals surface area contributed by atoms with Gasteiger partial charge >= 0.3 is 11.9 Å². The van der Waals surface area contributed by atoms with Crippen molar-refractivity contribution in [1.82, 2.24) is 0 Å². The second kappa shape index (κ2) is 9.06. The lowest BCUT2D eigenvalue weighted by Crippen LogP contribution is -2.16. The van der Waals surface area contributed by atoms with Crippen molar-refractivity contribution in [2.24, 2.45) is 0 Å². The summed E-state index contributed by atoms with van der Waals surface area (Å²) in [6.45, 7) is 0.590. The lowest BCUT2D eigenvalue weighted by Gasteiger charge is -2.09. The van der Waals surface area contributed by atoms with Crippen LogP contribution in [-0.2, 0) is 9.47 Å². The van der Waals surface area contributed by atoms with Crippen LogP contribution in [0.2, 0.25) is 0 Å². The average molecular weight is 282 g/mol. The summed E-state index contributed by atoms with van der Waals surface area (Å²) in [6.07, 6.45) is 1.44. The maximum Gasteiger partial charge on any atom is 0.338 e. The number of rotatable bonds is 3. The third-order valence-corrected chi connectivity index (χ3v) is 2.47. The van der Waals surface area contributed by atoms with E-state index in [9.17, 15) is 9.59 Å². The number of aliphatic hydroxyl groups is 2. The topological polar surface area (TPSA) is 93.1 Å². The van der Waals surface area contributed by atoms with Gasteiger partial charge in [-0.25, -0.2) is 9.59 Å². The van der Waals surface area contributed by atoms with E-state index in [4.69, 9.17) is 19.7 Å². The summed E-state index contributed by atoms with van der Waals surface area (Å²) in [5.74, 6) is -0.788. The molecule has 1 aromatic rings. The SMILES string of the molecule is O=C1OCCOC(=O)c2ccc1cc2.OCCCCO. The molecule has 0 saturated heterocycles. The Morgan fingerprint density at radius 2 is 1.15 bits per heavy atom. The highest BCUT2D eigenvalue weighted by Gasteiger charge is 2.13. The van der Waals surface area contributed by atoms with Gasteiger partial charge in [0, 0.05) is 13.2 Å². The standard InChI is InChI=1S/C10H8O4.C4H10O2/c11-9-7-1-2-8(4-3-7)10(12)14-6-5-13-9;5-3-1-2-4-6/h1-4H,5-6H2;5-6H,1-4H2. The van der Waals surface area contributed by atoms with Gasteiger partial charge in [-0.3, -0.25) is 0 Å². The minimum absolute atomic E-state index is 0.100. The van der Waals surface area contributed by atoms with Gasteiger partial charge < -0.3 is 19.7 Å². The smallest absolute Gasteiger partial charge is 0.338 e. The first-order chi connectivity index (χ1) is 9.69. The molecule has 0 spiro atoms. The predicted molar refractivity (Wildman–Crippen MR) is 70.4 cm³/mol. The molecule has 2 bridgehead atoms. The van der Waals surface area contributed by atoms with E-state index in [1.165, 1.54) is 0 Å². The maximum absolute atomic E-state index is 11.3. The fraction of sp³-hybridized carbons (Fsp3) is 0.429. The molecule has 2 aliphatic rings.